The standard InChI is InChI=1S/C17H15NOS/c1-11-6-5-7-13(10-11)18-17(19)16-12(2)14-8-3-4-9-15(14)20-16/h3-10H,1-2H3,(H,18,19). The molecule has 20 heavy (non-hydrogen) atoms. The van der Waals surface area contributed by atoms with Crippen molar-refractivity contribution < 1.29 is 4.79 Å². The minimum absolute atomic E-state index is 0.0331. The number of hydrogen-bond donors (Lipinski definition) is 1. The van der Waals surface area contributed by atoms with Crippen molar-refractivity contribution in [3.05, 3.63) is 64.5 Å². The van der Waals surface area contributed by atoms with Gasteiger partial charge in [-0.15, -0.1) is 11.3 Å². The second-order valence-corrected chi connectivity index (χ2v) is 5.93. The fourth-order valence-electron chi connectivity index (χ4n) is 2.30. The number of anilines is 1. The van der Waals surface area contributed by atoms with Crippen LogP contribution in [-0.2, 0) is 0 Å². The summed E-state index contributed by atoms with van der Waals surface area (Å²) in [4.78, 5) is 13.2. The highest BCUT2D eigenvalue weighted by Gasteiger charge is 2.15. The van der Waals surface area contributed by atoms with Crippen molar-refractivity contribution in [2.45, 2.75) is 13.8 Å². The van der Waals surface area contributed by atoms with Gasteiger partial charge in [0.1, 0.15) is 0 Å². The molecule has 0 aliphatic heterocycles. The van der Waals surface area contributed by atoms with Gasteiger partial charge in [0, 0.05) is 10.4 Å². The molecular formula is C17H15NOS. The van der Waals surface area contributed by atoms with Crippen LogP contribution in [0.25, 0.3) is 10.1 Å². The first kappa shape index (κ1) is 12.9. The molecule has 0 saturated heterocycles. The van der Waals surface area contributed by atoms with Gasteiger partial charge in [-0.3, -0.25) is 4.79 Å². The highest BCUT2D eigenvalue weighted by atomic mass is 32.1. The Hall–Kier alpha value is -2.13. The van der Waals surface area contributed by atoms with Crippen LogP contribution in [0.5, 0.6) is 0 Å². The maximum Gasteiger partial charge on any atom is 0.266 e. The summed E-state index contributed by atoms with van der Waals surface area (Å²) >= 11 is 1.54. The Kier molecular flexibility index (Phi) is 3.28. The van der Waals surface area contributed by atoms with Crippen molar-refractivity contribution in [3.8, 4) is 0 Å². The average molecular weight is 281 g/mol. The minimum atomic E-state index is -0.0331. The van der Waals surface area contributed by atoms with Crippen LogP contribution >= 0.6 is 11.3 Å². The molecule has 0 radical (unpaired) electrons. The fraction of sp³-hybridized carbons (Fsp3) is 0.118. The van der Waals surface area contributed by atoms with E-state index in [2.05, 4.69) is 17.4 Å². The summed E-state index contributed by atoms with van der Waals surface area (Å²) in [5, 5.41) is 4.13. The monoisotopic (exact) mass is 281 g/mol. The maximum atomic E-state index is 12.4. The molecule has 3 aromatic rings. The first-order chi connectivity index (χ1) is 9.65. The molecule has 2 aromatic carbocycles. The van der Waals surface area contributed by atoms with Gasteiger partial charge in [-0.25, -0.2) is 0 Å². The third-order valence-electron chi connectivity index (χ3n) is 3.33. The van der Waals surface area contributed by atoms with Crippen LogP contribution in [0.3, 0.4) is 0 Å². The molecule has 1 amide bonds. The summed E-state index contributed by atoms with van der Waals surface area (Å²) in [7, 11) is 0. The van der Waals surface area contributed by atoms with E-state index in [-0.39, 0.29) is 5.91 Å². The number of fused-ring (bicyclic) bond motifs is 1. The molecule has 0 atom stereocenters. The van der Waals surface area contributed by atoms with Crippen molar-refractivity contribution >= 4 is 33.0 Å². The van der Waals surface area contributed by atoms with Crippen LogP contribution in [-0.4, -0.2) is 5.91 Å². The summed E-state index contributed by atoms with van der Waals surface area (Å²) < 4.78 is 1.15. The largest absolute Gasteiger partial charge is 0.321 e. The molecule has 0 spiro atoms. The van der Waals surface area contributed by atoms with E-state index in [9.17, 15) is 4.79 Å². The number of hydrogen-bond acceptors (Lipinski definition) is 2. The fourth-order valence-corrected chi connectivity index (χ4v) is 3.41. The highest BCUT2D eigenvalue weighted by molar-refractivity contribution is 7.21. The number of carbonyl (C=O) groups is 1. The van der Waals surface area contributed by atoms with E-state index in [1.165, 1.54) is 0 Å². The lowest BCUT2D eigenvalue weighted by atomic mass is 10.1. The second kappa shape index (κ2) is 5.10. The smallest absolute Gasteiger partial charge is 0.266 e. The highest BCUT2D eigenvalue weighted by Crippen LogP contribution is 2.31. The van der Waals surface area contributed by atoms with Crippen LogP contribution in [0.2, 0.25) is 0 Å². The zero-order valence-electron chi connectivity index (χ0n) is 11.4. The van der Waals surface area contributed by atoms with Crippen LogP contribution in [0.4, 0.5) is 5.69 Å². The predicted octanol–water partition coefficient (Wildman–Crippen LogP) is 4.77. The molecule has 0 aliphatic carbocycles. The molecule has 1 aromatic heterocycles. The molecule has 0 bridgehead atoms. The van der Waals surface area contributed by atoms with Gasteiger partial charge in [-0.05, 0) is 48.6 Å². The number of rotatable bonds is 2. The van der Waals surface area contributed by atoms with Crippen molar-refractivity contribution in [2.24, 2.45) is 0 Å². The summed E-state index contributed by atoms with van der Waals surface area (Å²) in [5.41, 5.74) is 3.03. The Morgan fingerprint density at radius 2 is 1.85 bits per heavy atom. The summed E-state index contributed by atoms with van der Waals surface area (Å²) in [6.07, 6.45) is 0. The molecule has 100 valence electrons. The van der Waals surface area contributed by atoms with E-state index >= 15 is 0 Å². The lowest BCUT2D eigenvalue weighted by Crippen LogP contribution is -2.11. The normalized spacial score (nSPS) is 10.7. The van der Waals surface area contributed by atoms with Crippen molar-refractivity contribution in [1.82, 2.24) is 0 Å². The van der Waals surface area contributed by atoms with Crippen LogP contribution in [0.1, 0.15) is 20.8 Å². The zero-order chi connectivity index (χ0) is 14.1. The quantitative estimate of drug-likeness (QED) is 0.720. The molecule has 2 nitrogen and oxygen atoms in total. The number of aryl methyl sites for hydroxylation is 2. The van der Waals surface area contributed by atoms with E-state index in [1.54, 1.807) is 11.3 Å². The average Bonchev–Trinajstić information content (AvgIpc) is 2.77. The Labute approximate surface area is 122 Å². The Morgan fingerprint density at radius 1 is 1.05 bits per heavy atom. The Balaban J connectivity index is 1.95. The van der Waals surface area contributed by atoms with E-state index in [0.29, 0.717) is 0 Å². The lowest BCUT2D eigenvalue weighted by molar-refractivity contribution is 0.103. The SMILES string of the molecule is Cc1cccc(NC(=O)c2sc3ccccc3c2C)c1. The van der Waals surface area contributed by atoms with Gasteiger partial charge >= 0.3 is 0 Å². The van der Waals surface area contributed by atoms with Crippen molar-refractivity contribution in [2.75, 3.05) is 5.32 Å². The molecule has 3 rings (SSSR count). The van der Waals surface area contributed by atoms with Gasteiger partial charge in [0.05, 0.1) is 4.88 Å². The maximum absolute atomic E-state index is 12.4. The number of nitrogens with one attached hydrogen (secondary N) is 1. The summed E-state index contributed by atoms with van der Waals surface area (Å²) in [6, 6.07) is 16.0. The number of benzene rings is 2. The summed E-state index contributed by atoms with van der Waals surface area (Å²) in [6.45, 7) is 4.02. The van der Waals surface area contributed by atoms with Gasteiger partial charge in [0.25, 0.3) is 5.91 Å². The van der Waals surface area contributed by atoms with Gasteiger partial charge < -0.3 is 5.32 Å². The van der Waals surface area contributed by atoms with Crippen LogP contribution in [0.15, 0.2) is 48.5 Å². The van der Waals surface area contributed by atoms with Gasteiger partial charge in [-0.1, -0.05) is 30.3 Å². The van der Waals surface area contributed by atoms with Crippen LogP contribution in [0, 0.1) is 13.8 Å². The van der Waals surface area contributed by atoms with Crippen LogP contribution < -0.4 is 5.32 Å². The lowest BCUT2D eigenvalue weighted by Gasteiger charge is -2.05. The molecule has 0 unspecified atom stereocenters. The molecular weight excluding hydrogens is 266 g/mol. The van der Waals surface area contributed by atoms with Gasteiger partial charge in [-0.2, -0.15) is 0 Å². The van der Waals surface area contributed by atoms with E-state index in [1.807, 2.05) is 50.2 Å². The van der Waals surface area contributed by atoms with E-state index in [0.717, 1.165) is 31.8 Å². The topological polar surface area (TPSA) is 29.1 Å². The van der Waals surface area contributed by atoms with E-state index in [4.69, 9.17) is 0 Å². The minimum Gasteiger partial charge on any atom is -0.321 e. The molecule has 0 aliphatic rings. The third-order valence-corrected chi connectivity index (χ3v) is 4.60. The molecule has 0 saturated carbocycles. The molecule has 0 fully saturated rings. The Bertz CT molecular complexity index is 789. The van der Waals surface area contributed by atoms with Gasteiger partial charge in [0.15, 0.2) is 0 Å². The number of thiophene rings is 1. The molecule has 3 heteroatoms. The first-order valence-electron chi connectivity index (χ1n) is 6.51. The zero-order valence-corrected chi connectivity index (χ0v) is 12.3. The molecule has 1 N–H and O–H groups in total. The van der Waals surface area contributed by atoms with Crippen molar-refractivity contribution in [1.29, 1.82) is 0 Å². The third kappa shape index (κ3) is 2.32. The van der Waals surface area contributed by atoms with E-state index < -0.39 is 0 Å². The Morgan fingerprint density at radius 3 is 2.60 bits per heavy atom. The van der Waals surface area contributed by atoms with Gasteiger partial charge in [0.2, 0.25) is 0 Å². The summed E-state index contributed by atoms with van der Waals surface area (Å²) in [5.74, 6) is -0.0331. The molecule has 1 heterocycles. The first-order valence-corrected chi connectivity index (χ1v) is 7.33. The van der Waals surface area contributed by atoms with Crippen molar-refractivity contribution in [3.63, 3.8) is 0 Å². The number of carbonyl (C=O) groups excluding carboxylic acids is 1. The second-order valence-electron chi connectivity index (χ2n) is 4.88. The number of amides is 1. The predicted molar refractivity (Wildman–Crippen MR) is 85.7 cm³/mol.